The van der Waals surface area contributed by atoms with E-state index in [1.165, 1.54) is 6.07 Å². The fourth-order valence-corrected chi connectivity index (χ4v) is 5.16. The van der Waals surface area contributed by atoms with Gasteiger partial charge in [0.15, 0.2) is 0 Å². The van der Waals surface area contributed by atoms with E-state index >= 15 is 4.39 Å². The lowest BCUT2D eigenvalue weighted by Gasteiger charge is -2.27. The predicted octanol–water partition coefficient (Wildman–Crippen LogP) is 2.73. The van der Waals surface area contributed by atoms with E-state index in [0.29, 0.717) is 31.7 Å². The number of allylic oxidation sites excluding steroid dienone is 2. The first-order chi connectivity index (χ1) is 13.8. The summed E-state index contributed by atoms with van der Waals surface area (Å²) in [7, 11) is 0. The highest BCUT2D eigenvalue weighted by Crippen LogP contribution is 2.47. The minimum absolute atomic E-state index is 0.0297. The highest BCUT2D eigenvalue weighted by molar-refractivity contribution is 5.99. The van der Waals surface area contributed by atoms with Crippen LogP contribution in [-0.4, -0.2) is 42.9 Å². The van der Waals surface area contributed by atoms with Crippen LogP contribution in [0.1, 0.15) is 55.1 Å². The molecule has 1 spiro atoms. The number of nitrogens with two attached hydrogens (primary N) is 1. The van der Waals surface area contributed by atoms with Crippen molar-refractivity contribution in [2.24, 2.45) is 11.1 Å². The third-order valence-corrected chi connectivity index (χ3v) is 6.80. The quantitative estimate of drug-likeness (QED) is 0.783. The zero-order chi connectivity index (χ0) is 20.9. The zero-order valence-corrected chi connectivity index (χ0v) is 17.2. The van der Waals surface area contributed by atoms with E-state index < -0.39 is 11.7 Å². The van der Waals surface area contributed by atoms with Crippen molar-refractivity contribution in [1.29, 1.82) is 0 Å². The maximum absolute atomic E-state index is 15.2. The fourth-order valence-electron chi connectivity index (χ4n) is 5.16. The highest BCUT2D eigenvalue weighted by atomic mass is 19.1. The molecule has 3 aliphatic rings. The molecule has 1 aliphatic carbocycles. The molecule has 152 valence electrons. The van der Waals surface area contributed by atoms with Crippen LogP contribution in [0, 0.1) is 23.1 Å². The van der Waals surface area contributed by atoms with Gasteiger partial charge in [0.2, 0.25) is 5.91 Å². The number of fused-ring (bicyclic) bond motifs is 1. The minimum atomic E-state index is -0.589. The van der Waals surface area contributed by atoms with Gasteiger partial charge in [0.25, 0.3) is 5.91 Å². The molecule has 1 aromatic carbocycles. The van der Waals surface area contributed by atoms with Crippen LogP contribution >= 0.6 is 0 Å². The number of benzene rings is 1. The van der Waals surface area contributed by atoms with Crippen molar-refractivity contribution < 1.29 is 14.0 Å². The van der Waals surface area contributed by atoms with Crippen LogP contribution in [0.2, 0.25) is 0 Å². The van der Waals surface area contributed by atoms with E-state index in [4.69, 9.17) is 5.73 Å². The normalized spacial score (nSPS) is 22.9. The average Bonchev–Trinajstić information content (AvgIpc) is 3.35. The second-order valence-corrected chi connectivity index (χ2v) is 8.58. The molecular formula is C23H26FN3O2. The molecule has 0 aromatic heterocycles. The second kappa shape index (κ2) is 6.91. The molecule has 0 radical (unpaired) electrons. The standard InChI is InChI=1S/C23H26FN3O2/c1-4-5-19(28)26-8-6-23(12-26)7-9-27(13-23)21-18(24)11-17(22(25)29)16-10-14(2)15(3)20(16)21/h11H,6-10,12-13H2,1-3H3,(H2,25,29). The summed E-state index contributed by atoms with van der Waals surface area (Å²) in [6.07, 6.45) is 2.44. The number of hydrogen-bond donors (Lipinski definition) is 1. The number of amides is 2. The summed E-state index contributed by atoms with van der Waals surface area (Å²) in [6, 6.07) is 1.30. The number of likely N-dealkylation sites (tertiary alicyclic amines) is 1. The van der Waals surface area contributed by atoms with Gasteiger partial charge in [0.05, 0.1) is 5.69 Å². The summed E-state index contributed by atoms with van der Waals surface area (Å²) in [5, 5.41) is 0. The number of anilines is 1. The van der Waals surface area contributed by atoms with Crippen molar-refractivity contribution in [3.63, 3.8) is 0 Å². The summed E-state index contributed by atoms with van der Waals surface area (Å²) in [5.74, 6) is 4.18. The van der Waals surface area contributed by atoms with Gasteiger partial charge >= 0.3 is 0 Å². The first-order valence-electron chi connectivity index (χ1n) is 10.0. The lowest BCUT2D eigenvalue weighted by Crippen LogP contribution is -2.34. The van der Waals surface area contributed by atoms with Gasteiger partial charge in [-0.05, 0) is 63.2 Å². The van der Waals surface area contributed by atoms with Crippen molar-refractivity contribution in [2.75, 3.05) is 31.1 Å². The molecule has 1 atom stereocenters. The lowest BCUT2D eigenvalue weighted by atomic mass is 9.86. The van der Waals surface area contributed by atoms with Crippen molar-refractivity contribution in [3.8, 4) is 11.8 Å². The number of primary amides is 1. The van der Waals surface area contributed by atoms with Crippen LogP contribution in [0.15, 0.2) is 11.6 Å². The number of hydrogen-bond acceptors (Lipinski definition) is 3. The molecule has 29 heavy (non-hydrogen) atoms. The number of rotatable bonds is 2. The van der Waals surface area contributed by atoms with Gasteiger partial charge < -0.3 is 15.5 Å². The summed E-state index contributed by atoms with van der Waals surface area (Å²) in [5.41, 5.74) is 10.2. The number of halogens is 1. The highest BCUT2D eigenvalue weighted by Gasteiger charge is 2.46. The molecule has 2 amide bonds. The Morgan fingerprint density at radius 1 is 1.21 bits per heavy atom. The Kier molecular flexibility index (Phi) is 4.65. The summed E-state index contributed by atoms with van der Waals surface area (Å²) in [6.45, 7) is 8.45. The van der Waals surface area contributed by atoms with Crippen molar-refractivity contribution in [3.05, 3.63) is 34.1 Å². The average molecular weight is 395 g/mol. The molecule has 1 aromatic rings. The second-order valence-electron chi connectivity index (χ2n) is 8.58. The molecule has 0 saturated carbocycles. The van der Waals surface area contributed by atoms with Crippen molar-refractivity contribution in [1.82, 2.24) is 4.90 Å². The van der Waals surface area contributed by atoms with Crippen LogP contribution in [0.5, 0.6) is 0 Å². The Bertz CT molecular complexity index is 1020. The van der Waals surface area contributed by atoms with Gasteiger partial charge in [0.1, 0.15) is 5.82 Å². The van der Waals surface area contributed by atoms with Gasteiger partial charge in [-0.2, -0.15) is 0 Å². The van der Waals surface area contributed by atoms with E-state index in [9.17, 15) is 9.59 Å². The summed E-state index contributed by atoms with van der Waals surface area (Å²) < 4.78 is 15.2. The van der Waals surface area contributed by atoms with E-state index in [1.807, 2.05) is 18.7 Å². The topological polar surface area (TPSA) is 66.6 Å². The molecule has 6 heteroatoms. The van der Waals surface area contributed by atoms with Crippen molar-refractivity contribution >= 4 is 23.1 Å². The Morgan fingerprint density at radius 2 is 1.93 bits per heavy atom. The van der Waals surface area contributed by atoms with E-state index in [1.54, 1.807) is 6.92 Å². The first kappa shape index (κ1) is 19.5. The van der Waals surface area contributed by atoms with Gasteiger partial charge in [-0.3, -0.25) is 9.59 Å². The predicted molar refractivity (Wildman–Crippen MR) is 111 cm³/mol. The largest absolute Gasteiger partial charge is 0.368 e. The van der Waals surface area contributed by atoms with Crippen molar-refractivity contribution in [2.45, 2.75) is 40.0 Å². The third kappa shape index (κ3) is 3.09. The van der Waals surface area contributed by atoms with Gasteiger partial charge in [0, 0.05) is 42.7 Å². The van der Waals surface area contributed by atoms with Crippen LogP contribution in [-0.2, 0) is 11.2 Å². The van der Waals surface area contributed by atoms with Gasteiger partial charge in [-0.25, -0.2) is 4.39 Å². The van der Waals surface area contributed by atoms with E-state index in [0.717, 1.165) is 41.7 Å². The molecule has 2 fully saturated rings. The van der Waals surface area contributed by atoms with Crippen LogP contribution in [0.3, 0.4) is 0 Å². The first-order valence-corrected chi connectivity index (χ1v) is 10.0. The Morgan fingerprint density at radius 3 is 2.62 bits per heavy atom. The lowest BCUT2D eigenvalue weighted by molar-refractivity contribution is -0.124. The molecule has 2 heterocycles. The maximum Gasteiger partial charge on any atom is 0.298 e. The molecule has 2 aliphatic heterocycles. The SMILES string of the molecule is CC#CC(=O)N1CCC2(CCN(c3c(F)cc(C(N)=O)c4c3C(C)=C(C)C4)C2)C1. The molecule has 5 nitrogen and oxygen atoms in total. The monoisotopic (exact) mass is 395 g/mol. The fraction of sp³-hybridized carbons (Fsp3) is 0.478. The smallest absolute Gasteiger partial charge is 0.298 e. The van der Waals surface area contributed by atoms with E-state index in [2.05, 4.69) is 16.7 Å². The Labute approximate surface area is 170 Å². The summed E-state index contributed by atoms with van der Waals surface area (Å²) >= 11 is 0. The molecule has 4 rings (SSSR count). The van der Waals surface area contributed by atoms with Crippen LogP contribution < -0.4 is 10.6 Å². The third-order valence-electron chi connectivity index (χ3n) is 6.80. The van der Waals surface area contributed by atoms with E-state index in [-0.39, 0.29) is 16.9 Å². The molecule has 2 N–H and O–H groups in total. The number of nitrogens with zero attached hydrogens (tertiary/aromatic N) is 2. The van der Waals surface area contributed by atoms with Crippen LogP contribution in [0.25, 0.3) is 5.57 Å². The zero-order valence-electron chi connectivity index (χ0n) is 17.2. The molecular weight excluding hydrogens is 369 g/mol. The van der Waals surface area contributed by atoms with Gasteiger partial charge in [-0.15, -0.1) is 0 Å². The number of carbonyl (C=O) groups is 2. The Hall–Kier alpha value is -2.81. The van der Waals surface area contributed by atoms with Gasteiger partial charge in [-0.1, -0.05) is 11.5 Å². The Balaban J connectivity index is 1.67. The number of carbonyl (C=O) groups excluding carboxylic acids is 2. The minimum Gasteiger partial charge on any atom is -0.368 e. The van der Waals surface area contributed by atoms with Crippen LogP contribution in [0.4, 0.5) is 10.1 Å². The molecule has 0 bridgehead atoms. The molecule has 1 unspecified atom stereocenters. The molecule has 2 saturated heterocycles. The maximum atomic E-state index is 15.2. The summed E-state index contributed by atoms with van der Waals surface area (Å²) in [4.78, 5) is 28.0.